The number of amides is 1. The summed E-state index contributed by atoms with van der Waals surface area (Å²) in [7, 11) is 0. The molecule has 6 nitrogen and oxygen atoms in total. The van der Waals surface area contributed by atoms with Crippen LogP contribution in [-0.4, -0.2) is 24.3 Å². The number of benzene rings is 2. The molecular formula is C22H19ClN2O4. The fourth-order valence-corrected chi connectivity index (χ4v) is 3.40. The van der Waals surface area contributed by atoms with Crippen molar-refractivity contribution < 1.29 is 19.1 Å². The molecule has 1 aliphatic carbocycles. The molecule has 1 amide bonds. The molecule has 0 radical (unpaired) electrons. The van der Waals surface area contributed by atoms with E-state index in [1.54, 1.807) is 6.07 Å². The standard InChI is InChI=1S/C22H19ClN2O4/c23-18-7-6-17(12-24)19(11-18)25-21(27)13-29-22(28)9-8-20(26)16-5-4-14-2-1-3-15(14)10-16/h4-7,10-11H,1-3,8-9,13H2,(H,25,27). The van der Waals surface area contributed by atoms with Gasteiger partial charge in [0, 0.05) is 17.0 Å². The third-order valence-corrected chi connectivity index (χ3v) is 4.95. The van der Waals surface area contributed by atoms with Crippen molar-refractivity contribution in [2.75, 3.05) is 11.9 Å². The van der Waals surface area contributed by atoms with Crippen molar-refractivity contribution in [2.45, 2.75) is 32.1 Å². The van der Waals surface area contributed by atoms with Gasteiger partial charge in [-0.1, -0.05) is 23.7 Å². The molecule has 0 saturated heterocycles. The lowest BCUT2D eigenvalue weighted by molar-refractivity contribution is -0.147. The summed E-state index contributed by atoms with van der Waals surface area (Å²) >= 11 is 5.86. The van der Waals surface area contributed by atoms with Gasteiger partial charge < -0.3 is 10.1 Å². The number of ether oxygens (including phenoxy) is 1. The molecule has 7 heteroatoms. The second-order valence-electron chi connectivity index (χ2n) is 6.77. The largest absolute Gasteiger partial charge is 0.456 e. The van der Waals surface area contributed by atoms with Gasteiger partial charge in [0.1, 0.15) is 6.07 Å². The number of aryl methyl sites for hydroxylation is 2. The number of hydrogen-bond donors (Lipinski definition) is 1. The third-order valence-electron chi connectivity index (χ3n) is 4.72. The molecule has 0 bridgehead atoms. The number of Topliss-reactive ketones (excluding diaryl/α,β-unsaturated/α-hetero) is 1. The number of nitriles is 1. The summed E-state index contributed by atoms with van der Waals surface area (Å²) in [5.74, 6) is -1.36. The van der Waals surface area contributed by atoms with E-state index in [2.05, 4.69) is 5.32 Å². The maximum Gasteiger partial charge on any atom is 0.306 e. The summed E-state index contributed by atoms with van der Waals surface area (Å²) < 4.78 is 4.92. The molecule has 2 aromatic carbocycles. The molecule has 0 aliphatic heterocycles. The number of halogens is 1. The molecule has 0 saturated carbocycles. The van der Waals surface area contributed by atoms with Gasteiger partial charge in [-0.2, -0.15) is 5.26 Å². The smallest absolute Gasteiger partial charge is 0.306 e. The van der Waals surface area contributed by atoms with Crippen LogP contribution in [0.25, 0.3) is 0 Å². The fraction of sp³-hybridized carbons (Fsp3) is 0.273. The van der Waals surface area contributed by atoms with Crippen LogP contribution >= 0.6 is 11.6 Å². The maximum atomic E-state index is 12.3. The molecule has 1 N–H and O–H groups in total. The number of fused-ring (bicyclic) bond motifs is 1. The molecular weight excluding hydrogens is 392 g/mol. The summed E-state index contributed by atoms with van der Waals surface area (Å²) in [6.45, 7) is -0.511. The van der Waals surface area contributed by atoms with Crippen LogP contribution in [0.4, 0.5) is 5.69 Å². The molecule has 0 heterocycles. The summed E-state index contributed by atoms with van der Waals surface area (Å²) in [5, 5.41) is 11.9. The molecule has 2 aromatic rings. The highest BCUT2D eigenvalue weighted by Gasteiger charge is 2.16. The number of nitrogens with one attached hydrogen (secondary N) is 1. The molecule has 1 aliphatic rings. The Morgan fingerprint density at radius 3 is 2.66 bits per heavy atom. The van der Waals surface area contributed by atoms with Crippen LogP contribution in [0.3, 0.4) is 0 Å². The minimum atomic E-state index is -0.638. The Kier molecular flexibility index (Phi) is 6.63. The van der Waals surface area contributed by atoms with Crippen molar-refractivity contribution in [3.63, 3.8) is 0 Å². The Balaban J connectivity index is 1.45. The van der Waals surface area contributed by atoms with Crippen molar-refractivity contribution in [1.82, 2.24) is 0 Å². The topological polar surface area (TPSA) is 96.3 Å². The zero-order chi connectivity index (χ0) is 20.8. The Labute approximate surface area is 173 Å². The van der Waals surface area contributed by atoms with Crippen molar-refractivity contribution in [3.05, 3.63) is 63.7 Å². The first-order valence-electron chi connectivity index (χ1n) is 9.26. The maximum absolute atomic E-state index is 12.3. The molecule has 3 rings (SSSR count). The first-order chi connectivity index (χ1) is 14.0. The zero-order valence-corrected chi connectivity index (χ0v) is 16.4. The van der Waals surface area contributed by atoms with Crippen molar-refractivity contribution in [3.8, 4) is 6.07 Å². The summed E-state index contributed by atoms with van der Waals surface area (Å²) in [5.41, 5.74) is 3.57. The number of carbonyl (C=O) groups is 3. The van der Waals surface area contributed by atoms with Crippen molar-refractivity contribution >= 4 is 34.9 Å². The molecule has 148 valence electrons. The number of rotatable bonds is 7. The van der Waals surface area contributed by atoms with Gasteiger partial charge in [0.2, 0.25) is 0 Å². The Bertz CT molecular complexity index is 1010. The van der Waals surface area contributed by atoms with E-state index >= 15 is 0 Å². The van der Waals surface area contributed by atoms with Gasteiger partial charge in [-0.3, -0.25) is 14.4 Å². The van der Waals surface area contributed by atoms with Gasteiger partial charge in [0.05, 0.1) is 17.7 Å². The monoisotopic (exact) mass is 410 g/mol. The van der Waals surface area contributed by atoms with Crippen LogP contribution in [0.5, 0.6) is 0 Å². The number of hydrogen-bond acceptors (Lipinski definition) is 5. The first kappa shape index (κ1) is 20.6. The van der Waals surface area contributed by atoms with Crippen LogP contribution in [0, 0.1) is 11.3 Å². The quantitative estimate of drug-likeness (QED) is 0.552. The highest BCUT2D eigenvalue weighted by atomic mass is 35.5. The third kappa shape index (κ3) is 5.43. The van der Waals surface area contributed by atoms with Crippen LogP contribution in [0.2, 0.25) is 5.02 Å². The Hall–Kier alpha value is -3.17. The van der Waals surface area contributed by atoms with Crippen LogP contribution < -0.4 is 5.32 Å². The van der Waals surface area contributed by atoms with Gasteiger partial charge in [0.25, 0.3) is 5.91 Å². The normalized spacial score (nSPS) is 12.0. The van der Waals surface area contributed by atoms with Crippen LogP contribution in [0.15, 0.2) is 36.4 Å². The van der Waals surface area contributed by atoms with Gasteiger partial charge in [-0.05, 0) is 54.7 Å². The van der Waals surface area contributed by atoms with E-state index in [0.717, 1.165) is 19.3 Å². The molecule has 0 aromatic heterocycles. The number of anilines is 1. The SMILES string of the molecule is N#Cc1ccc(Cl)cc1NC(=O)COC(=O)CCC(=O)c1ccc2c(c1)CCC2. The van der Waals surface area contributed by atoms with Crippen LogP contribution in [0.1, 0.15) is 46.3 Å². The minimum absolute atomic E-state index is 0.0200. The highest BCUT2D eigenvalue weighted by Crippen LogP contribution is 2.23. The lowest BCUT2D eigenvalue weighted by Gasteiger charge is -2.08. The van der Waals surface area contributed by atoms with Gasteiger partial charge in [-0.15, -0.1) is 0 Å². The van der Waals surface area contributed by atoms with Crippen molar-refractivity contribution in [1.29, 1.82) is 5.26 Å². The Morgan fingerprint density at radius 2 is 1.86 bits per heavy atom. The average Bonchev–Trinajstić information content (AvgIpc) is 3.18. The van der Waals surface area contributed by atoms with E-state index < -0.39 is 18.5 Å². The summed E-state index contributed by atoms with van der Waals surface area (Å²) in [6, 6.07) is 12.1. The number of carbonyl (C=O) groups excluding carboxylic acids is 3. The minimum Gasteiger partial charge on any atom is -0.456 e. The number of esters is 1. The average molecular weight is 411 g/mol. The predicted molar refractivity (Wildman–Crippen MR) is 108 cm³/mol. The number of ketones is 1. The Morgan fingerprint density at radius 1 is 1.07 bits per heavy atom. The molecule has 0 unspecified atom stereocenters. The molecule has 0 spiro atoms. The van der Waals surface area contributed by atoms with E-state index in [9.17, 15) is 14.4 Å². The molecule has 29 heavy (non-hydrogen) atoms. The van der Waals surface area contributed by atoms with Gasteiger partial charge in [0.15, 0.2) is 12.4 Å². The van der Waals surface area contributed by atoms with E-state index in [1.807, 2.05) is 18.2 Å². The first-order valence-corrected chi connectivity index (χ1v) is 9.64. The van der Waals surface area contributed by atoms with Crippen molar-refractivity contribution in [2.24, 2.45) is 0 Å². The fourth-order valence-electron chi connectivity index (χ4n) is 3.23. The number of nitrogens with zero attached hydrogens (tertiary/aromatic N) is 1. The second-order valence-corrected chi connectivity index (χ2v) is 7.21. The predicted octanol–water partition coefficient (Wildman–Crippen LogP) is 3.85. The van der Waals surface area contributed by atoms with E-state index in [4.69, 9.17) is 21.6 Å². The molecule has 0 fully saturated rings. The zero-order valence-electron chi connectivity index (χ0n) is 15.7. The van der Waals surface area contributed by atoms with Gasteiger partial charge in [-0.25, -0.2) is 0 Å². The summed E-state index contributed by atoms with van der Waals surface area (Å²) in [4.78, 5) is 36.1. The summed E-state index contributed by atoms with van der Waals surface area (Å²) in [6.07, 6.45) is 3.04. The second kappa shape index (κ2) is 9.35. The molecule has 0 atom stereocenters. The van der Waals surface area contributed by atoms with E-state index in [-0.39, 0.29) is 29.9 Å². The lowest BCUT2D eigenvalue weighted by atomic mass is 10.0. The van der Waals surface area contributed by atoms with Gasteiger partial charge >= 0.3 is 5.97 Å². The lowest BCUT2D eigenvalue weighted by Crippen LogP contribution is -2.21. The highest BCUT2D eigenvalue weighted by molar-refractivity contribution is 6.31. The van der Waals surface area contributed by atoms with E-state index in [0.29, 0.717) is 10.6 Å². The van der Waals surface area contributed by atoms with E-state index in [1.165, 1.54) is 29.3 Å². The van der Waals surface area contributed by atoms with Crippen LogP contribution in [-0.2, 0) is 27.2 Å².